The van der Waals surface area contributed by atoms with Gasteiger partial charge in [0.1, 0.15) is 11.1 Å². The van der Waals surface area contributed by atoms with Crippen molar-refractivity contribution < 1.29 is 14.0 Å². The number of hydrogen-bond donors (Lipinski definition) is 2. The van der Waals surface area contributed by atoms with E-state index in [-0.39, 0.29) is 23.9 Å². The molecule has 0 saturated carbocycles. The number of fused-ring (bicyclic) bond motifs is 1. The molecular weight excluding hydrogens is 344 g/mol. The number of hydrogen-bond acceptors (Lipinski definition) is 4. The van der Waals surface area contributed by atoms with Crippen LogP contribution in [0.1, 0.15) is 29.8 Å². The Bertz CT molecular complexity index is 1040. The van der Waals surface area contributed by atoms with E-state index in [1.165, 1.54) is 6.07 Å². The molecule has 2 N–H and O–H groups in total. The Balaban J connectivity index is 1.66. The number of anilines is 1. The van der Waals surface area contributed by atoms with Crippen LogP contribution in [0.5, 0.6) is 0 Å². The van der Waals surface area contributed by atoms with Crippen molar-refractivity contribution in [2.75, 3.05) is 5.32 Å². The van der Waals surface area contributed by atoms with Gasteiger partial charge in [-0.2, -0.15) is 0 Å². The summed E-state index contributed by atoms with van der Waals surface area (Å²) in [6, 6.07) is 15.7. The van der Waals surface area contributed by atoms with E-state index in [1.54, 1.807) is 42.5 Å². The molecule has 0 radical (unpaired) electrons. The first-order chi connectivity index (χ1) is 12.9. The molecular formula is C21H20N2O4. The van der Waals surface area contributed by atoms with Crippen molar-refractivity contribution in [1.29, 1.82) is 0 Å². The summed E-state index contributed by atoms with van der Waals surface area (Å²) in [5, 5.41) is 6.20. The van der Waals surface area contributed by atoms with Crippen molar-refractivity contribution in [1.82, 2.24) is 5.32 Å². The Morgan fingerprint density at radius 1 is 1.04 bits per heavy atom. The maximum absolute atomic E-state index is 12.3. The van der Waals surface area contributed by atoms with Crippen LogP contribution in [0.4, 0.5) is 5.69 Å². The van der Waals surface area contributed by atoms with Gasteiger partial charge in [-0.3, -0.25) is 9.59 Å². The monoisotopic (exact) mass is 364 g/mol. The highest BCUT2D eigenvalue weighted by atomic mass is 16.4. The molecule has 2 aromatic carbocycles. The first-order valence-corrected chi connectivity index (χ1v) is 8.65. The van der Waals surface area contributed by atoms with Crippen molar-refractivity contribution >= 4 is 28.5 Å². The normalized spacial score (nSPS) is 10.8. The van der Waals surface area contributed by atoms with Gasteiger partial charge >= 0.3 is 5.63 Å². The van der Waals surface area contributed by atoms with Crippen LogP contribution in [0.2, 0.25) is 0 Å². The zero-order valence-corrected chi connectivity index (χ0v) is 15.1. The maximum Gasteiger partial charge on any atom is 0.349 e. The molecule has 3 rings (SSSR count). The van der Waals surface area contributed by atoms with Crippen molar-refractivity contribution in [3.05, 3.63) is 76.1 Å². The molecule has 0 aliphatic heterocycles. The molecule has 6 heteroatoms. The Hall–Kier alpha value is -3.41. The Morgan fingerprint density at radius 2 is 1.74 bits per heavy atom. The first-order valence-electron chi connectivity index (χ1n) is 8.65. The quantitative estimate of drug-likeness (QED) is 0.680. The average molecular weight is 364 g/mol. The number of carbonyl (C=O) groups excluding carboxylic acids is 2. The van der Waals surface area contributed by atoms with Crippen LogP contribution in [0, 0.1) is 5.92 Å². The van der Waals surface area contributed by atoms with E-state index in [0.717, 1.165) is 5.56 Å². The molecule has 1 aromatic heterocycles. The summed E-state index contributed by atoms with van der Waals surface area (Å²) in [5.74, 6) is -0.650. The third-order valence-corrected chi connectivity index (χ3v) is 4.08. The van der Waals surface area contributed by atoms with Gasteiger partial charge in [-0.15, -0.1) is 0 Å². The standard InChI is InChI=1S/C21H20N2O4/c1-13(2)19(24)23-16-9-7-14(8-10-16)12-22-20(25)17-11-15-5-3-4-6-18(15)27-21(17)26/h3-11,13H,12H2,1-2H3,(H,22,25)(H,23,24). The average Bonchev–Trinajstić information content (AvgIpc) is 2.66. The minimum atomic E-state index is -0.669. The van der Waals surface area contributed by atoms with Crippen LogP contribution < -0.4 is 16.3 Å². The molecule has 0 spiro atoms. The summed E-state index contributed by atoms with van der Waals surface area (Å²) in [7, 11) is 0. The van der Waals surface area contributed by atoms with Crippen molar-refractivity contribution in [2.45, 2.75) is 20.4 Å². The number of carbonyl (C=O) groups is 2. The van der Waals surface area contributed by atoms with Crippen LogP contribution in [0.3, 0.4) is 0 Å². The van der Waals surface area contributed by atoms with Gasteiger partial charge in [0, 0.05) is 23.5 Å². The summed E-state index contributed by atoms with van der Waals surface area (Å²) in [5.41, 5.74) is 1.28. The summed E-state index contributed by atoms with van der Waals surface area (Å²) < 4.78 is 5.18. The van der Waals surface area contributed by atoms with Crippen LogP contribution in [0.15, 0.2) is 63.8 Å². The lowest BCUT2D eigenvalue weighted by molar-refractivity contribution is -0.118. The lowest BCUT2D eigenvalue weighted by Gasteiger charge is -2.09. The number of amides is 2. The molecule has 27 heavy (non-hydrogen) atoms. The zero-order valence-electron chi connectivity index (χ0n) is 15.1. The van der Waals surface area contributed by atoms with E-state index >= 15 is 0 Å². The van der Waals surface area contributed by atoms with E-state index in [0.29, 0.717) is 16.7 Å². The third kappa shape index (κ3) is 4.41. The summed E-state index contributed by atoms with van der Waals surface area (Å²) >= 11 is 0. The summed E-state index contributed by atoms with van der Waals surface area (Å²) in [4.78, 5) is 36.0. The van der Waals surface area contributed by atoms with Gasteiger partial charge < -0.3 is 15.1 Å². The number of rotatable bonds is 5. The zero-order chi connectivity index (χ0) is 19.4. The summed E-state index contributed by atoms with van der Waals surface area (Å²) in [6.07, 6.45) is 0. The number of para-hydroxylation sites is 1. The van der Waals surface area contributed by atoms with Crippen LogP contribution in [-0.2, 0) is 11.3 Å². The Kier molecular flexibility index (Phi) is 5.35. The van der Waals surface area contributed by atoms with Gasteiger partial charge in [-0.25, -0.2) is 4.79 Å². The van der Waals surface area contributed by atoms with Crippen LogP contribution in [-0.4, -0.2) is 11.8 Å². The van der Waals surface area contributed by atoms with Crippen molar-refractivity contribution in [3.8, 4) is 0 Å². The van der Waals surface area contributed by atoms with E-state index in [2.05, 4.69) is 10.6 Å². The largest absolute Gasteiger partial charge is 0.422 e. The van der Waals surface area contributed by atoms with Crippen LogP contribution >= 0.6 is 0 Å². The molecule has 0 fully saturated rings. The molecule has 6 nitrogen and oxygen atoms in total. The topological polar surface area (TPSA) is 88.4 Å². The van der Waals surface area contributed by atoms with Gasteiger partial charge in [-0.1, -0.05) is 44.2 Å². The maximum atomic E-state index is 12.3. The van der Waals surface area contributed by atoms with Gasteiger partial charge in [0.15, 0.2) is 0 Å². The SMILES string of the molecule is CC(C)C(=O)Nc1ccc(CNC(=O)c2cc3ccccc3oc2=O)cc1. The minimum Gasteiger partial charge on any atom is -0.422 e. The molecule has 0 unspecified atom stereocenters. The predicted octanol–water partition coefficient (Wildman–Crippen LogP) is 3.32. The fourth-order valence-corrected chi connectivity index (χ4v) is 2.49. The molecule has 0 atom stereocenters. The lowest BCUT2D eigenvalue weighted by atomic mass is 10.1. The smallest absolute Gasteiger partial charge is 0.349 e. The fourth-order valence-electron chi connectivity index (χ4n) is 2.49. The molecule has 0 aliphatic rings. The highest BCUT2D eigenvalue weighted by Gasteiger charge is 2.13. The van der Waals surface area contributed by atoms with E-state index in [9.17, 15) is 14.4 Å². The van der Waals surface area contributed by atoms with Crippen LogP contribution in [0.25, 0.3) is 11.0 Å². The van der Waals surface area contributed by atoms with E-state index in [1.807, 2.05) is 19.9 Å². The minimum absolute atomic E-state index is 0.0329. The Labute approximate surface area is 156 Å². The van der Waals surface area contributed by atoms with Crippen molar-refractivity contribution in [2.24, 2.45) is 5.92 Å². The van der Waals surface area contributed by atoms with E-state index < -0.39 is 11.5 Å². The molecule has 3 aromatic rings. The van der Waals surface area contributed by atoms with E-state index in [4.69, 9.17) is 4.42 Å². The highest BCUT2D eigenvalue weighted by molar-refractivity contribution is 5.96. The van der Waals surface area contributed by atoms with Gasteiger partial charge in [0.25, 0.3) is 5.91 Å². The summed E-state index contributed by atoms with van der Waals surface area (Å²) in [6.45, 7) is 3.90. The van der Waals surface area contributed by atoms with Gasteiger partial charge in [0.05, 0.1) is 0 Å². The lowest BCUT2D eigenvalue weighted by Crippen LogP contribution is -2.27. The predicted molar refractivity (Wildman–Crippen MR) is 104 cm³/mol. The molecule has 0 bridgehead atoms. The second kappa shape index (κ2) is 7.86. The highest BCUT2D eigenvalue weighted by Crippen LogP contribution is 2.13. The number of nitrogens with one attached hydrogen (secondary N) is 2. The first kappa shape index (κ1) is 18.4. The Morgan fingerprint density at radius 3 is 2.44 bits per heavy atom. The van der Waals surface area contributed by atoms with Gasteiger partial charge in [0.2, 0.25) is 5.91 Å². The number of benzene rings is 2. The second-order valence-electron chi connectivity index (χ2n) is 6.51. The molecule has 0 aliphatic carbocycles. The van der Waals surface area contributed by atoms with Crippen molar-refractivity contribution in [3.63, 3.8) is 0 Å². The third-order valence-electron chi connectivity index (χ3n) is 4.08. The molecule has 1 heterocycles. The second-order valence-corrected chi connectivity index (χ2v) is 6.51. The molecule has 2 amide bonds. The van der Waals surface area contributed by atoms with Gasteiger partial charge in [-0.05, 0) is 29.8 Å². The molecule has 0 saturated heterocycles. The fraction of sp³-hybridized carbons (Fsp3) is 0.190. The molecule has 138 valence electrons.